The van der Waals surface area contributed by atoms with E-state index in [1.54, 1.807) is 7.05 Å². The average molecular weight is 351 g/mol. The van der Waals surface area contributed by atoms with Gasteiger partial charge in [-0.1, -0.05) is 43.0 Å². The maximum atomic E-state index is 12.1. The fourth-order valence-corrected chi connectivity index (χ4v) is 3.14. The van der Waals surface area contributed by atoms with Crippen LogP contribution in [0.2, 0.25) is 5.02 Å². The summed E-state index contributed by atoms with van der Waals surface area (Å²) in [7, 11) is 1.73. The number of rotatable bonds is 6. The standard InChI is InChI=1S/C18H27ClN4O/c1-20-18(23-13-14-6-5-9-16(19)12-14)22-11-10-21-17(24)15-7-3-2-4-8-15/h5-6,9,12,15H,2-4,7-8,10-11,13H2,1H3,(H,21,24)(H2,20,22,23). The van der Waals surface area contributed by atoms with Gasteiger partial charge in [0.25, 0.3) is 0 Å². The van der Waals surface area contributed by atoms with Crippen molar-refractivity contribution in [2.75, 3.05) is 20.1 Å². The third-order valence-corrected chi connectivity index (χ3v) is 4.50. The highest BCUT2D eigenvalue weighted by Crippen LogP contribution is 2.23. The summed E-state index contributed by atoms with van der Waals surface area (Å²) in [5.74, 6) is 1.11. The lowest BCUT2D eigenvalue weighted by atomic mass is 9.89. The summed E-state index contributed by atoms with van der Waals surface area (Å²) in [6, 6.07) is 7.71. The maximum Gasteiger partial charge on any atom is 0.223 e. The van der Waals surface area contributed by atoms with Gasteiger partial charge in [-0.3, -0.25) is 9.79 Å². The van der Waals surface area contributed by atoms with E-state index in [4.69, 9.17) is 11.6 Å². The van der Waals surface area contributed by atoms with Gasteiger partial charge in [0.2, 0.25) is 5.91 Å². The number of guanidine groups is 1. The molecule has 0 heterocycles. The largest absolute Gasteiger partial charge is 0.355 e. The van der Waals surface area contributed by atoms with Gasteiger partial charge in [0.15, 0.2) is 5.96 Å². The predicted molar refractivity (Wildman–Crippen MR) is 99.2 cm³/mol. The van der Waals surface area contributed by atoms with Crippen LogP contribution in [0.4, 0.5) is 0 Å². The Balaban J connectivity index is 1.63. The van der Waals surface area contributed by atoms with Gasteiger partial charge in [-0.2, -0.15) is 0 Å². The van der Waals surface area contributed by atoms with Crippen molar-refractivity contribution in [3.8, 4) is 0 Å². The lowest BCUT2D eigenvalue weighted by molar-refractivity contribution is -0.125. The van der Waals surface area contributed by atoms with E-state index in [9.17, 15) is 4.79 Å². The van der Waals surface area contributed by atoms with E-state index in [0.717, 1.165) is 23.4 Å². The van der Waals surface area contributed by atoms with Crippen LogP contribution in [0.15, 0.2) is 29.3 Å². The van der Waals surface area contributed by atoms with E-state index in [-0.39, 0.29) is 11.8 Å². The first kappa shape index (κ1) is 18.6. The fraction of sp³-hybridized carbons (Fsp3) is 0.556. The summed E-state index contributed by atoms with van der Waals surface area (Å²) in [6.45, 7) is 1.90. The van der Waals surface area contributed by atoms with Gasteiger partial charge in [0, 0.05) is 37.6 Å². The second kappa shape index (κ2) is 10.2. The first-order valence-corrected chi connectivity index (χ1v) is 9.03. The summed E-state index contributed by atoms with van der Waals surface area (Å²) in [5, 5.41) is 10.2. The molecule has 3 N–H and O–H groups in total. The molecule has 0 unspecified atom stereocenters. The third-order valence-electron chi connectivity index (χ3n) is 4.27. The van der Waals surface area contributed by atoms with Crippen molar-refractivity contribution in [1.82, 2.24) is 16.0 Å². The number of carbonyl (C=O) groups is 1. The van der Waals surface area contributed by atoms with Crippen LogP contribution in [0, 0.1) is 5.92 Å². The van der Waals surface area contributed by atoms with Crippen molar-refractivity contribution in [2.24, 2.45) is 10.9 Å². The van der Waals surface area contributed by atoms with Crippen molar-refractivity contribution in [3.05, 3.63) is 34.9 Å². The molecular weight excluding hydrogens is 324 g/mol. The number of amides is 1. The minimum absolute atomic E-state index is 0.193. The Morgan fingerprint density at radius 1 is 1.17 bits per heavy atom. The molecule has 0 spiro atoms. The Hall–Kier alpha value is -1.75. The van der Waals surface area contributed by atoms with Crippen LogP contribution in [-0.2, 0) is 11.3 Å². The Labute approximate surface area is 149 Å². The van der Waals surface area contributed by atoms with E-state index in [0.29, 0.717) is 25.6 Å². The quantitative estimate of drug-likeness (QED) is 0.420. The molecule has 6 heteroatoms. The zero-order valence-corrected chi connectivity index (χ0v) is 15.0. The summed E-state index contributed by atoms with van der Waals surface area (Å²) in [6.07, 6.45) is 5.68. The highest BCUT2D eigenvalue weighted by molar-refractivity contribution is 6.30. The second-order valence-electron chi connectivity index (χ2n) is 6.11. The number of nitrogens with zero attached hydrogens (tertiary/aromatic N) is 1. The van der Waals surface area contributed by atoms with Crippen LogP contribution in [0.3, 0.4) is 0 Å². The smallest absolute Gasteiger partial charge is 0.223 e. The predicted octanol–water partition coefficient (Wildman–Crippen LogP) is 2.70. The molecule has 0 saturated heterocycles. The molecule has 0 atom stereocenters. The fourth-order valence-electron chi connectivity index (χ4n) is 2.93. The Morgan fingerprint density at radius 3 is 2.62 bits per heavy atom. The van der Waals surface area contributed by atoms with Crippen molar-refractivity contribution < 1.29 is 4.79 Å². The third kappa shape index (κ3) is 6.40. The van der Waals surface area contributed by atoms with Crippen molar-refractivity contribution in [1.29, 1.82) is 0 Å². The number of hydrogen-bond acceptors (Lipinski definition) is 2. The molecule has 5 nitrogen and oxygen atoms in total. The van der Waals surface area contributed by atoms with E-state index in [1.807, 2.05) is 24.3 Å². The van der Waals surface area contributed by atoms with E-state index >= 15 is 0 Å². The van der Waals surface area contributed by atoms with Crippen molar-refractivity contribution >= 4 is 23.5 Å². The van der Waals surface area contributed by atoms with Crippen LogP contribution in [-0.4, -0.2) is 32.0 Å². The first-order chi connectivity index (χ1) is 11.7. The highest BCUT2D eigenvalue weighted by atomic mass is 35.5. The Kier molecular flexibility index (Phi) is 7.89. The number of hydrogen-bond donors (Lipinski definition) is 3. The number of nitrogens with one attached hydrogen (secondary N) is 3. The van der Waals surface area contributed by atoms with Crippen LogP contribution in [0.5, 0.6) is 0 Å². The molecule has 1 aliphatic rings. The lowest BCUT2D eigenvalue weighted by Crippen LogP contribution is -2.42. The Bertz CT molecular complexity index is 556. The van der Waals surface area contributed by atoms with Gasteiger partial charge < -0.3 is 16.0 Å². The monoisotopic (exact) mass is 350 g/mol. The molecule has 0 radical (unpaired) electrons. The molecule has 1 aromatic rings. The minimum Gasteiger partial charge on any atom is -0.355 e. The van der Waals surface area contributed by atoms with Gasteiger partial charge in [-0.05, 0) is 30.5 Å². The minimum atomic E-state index is 0.193. The van der Waals surface area contributed by atoms with Crippen LogP contribution >= 0.6 is 11.6 Å². The molecule has 1 amide bonds. The summed E-state index contributed by atoms with van der Waals surface area (Å²) < 4.78 is 0. The van der Waals surface area contributed by atoms with Crippen molar-refractivity contribution in [2.45, 2.75) is 38.6 Å². The highest BCUT2D eigenvalue weighted by Gasteiger charge is 2.20. The molecule has 24 heavy (non-hydrogen) atoms. The zero-order valence-electron chi connectivity index (χ0n) is 14.3. The van der Waals surface area contributed by atoms with Gasteiger partial charge in [-0.25, -0.2) is 0 Å². The van der Waals surface area contributed by atoms with E-state index in [2.05, 4.69) is 20.9 Å². The molecule has 0 bridgehead atoms. The molecular formula is C18H27ClN4O. The van der Waals surface area contributed by atoms with Gasteiger partial charge in [0.05, 0.1) is 0 Å². The van der Waals surface area contributed by atoms with Gasteiger partial charge >= 0.3 is 0 Å². The Morgan fingerprint density at radius 2 is 1.92 bits per heavy atom. The zero-order chi connectivity index (χ0) is 17.2. The summed E-state index contributed by atoms with van der Waals surface area (Å²) >= 11 is 5.98. The molecule has 132 valence electrons. The molecule has 1 aliphatic carbocycles. The molecule has 1 aromatic carbocycles. The normalized spacial score (nSPS) is 15.8. The average Bonchev–Trinajstić information content (AvgIpc) is 2.61. The topological polar surface area (TPSA) is 65.5 Å². The summed E-state index contributed by atoms with van der Waals surface area (Å²) in [4.78, 5) is 16.2. The van der Waals surface area contributed by atoms with Crippen LogP contribution < -0.4 is 16.0 Å². The maximum absolute atomic E-state index is 12.1. The molecule has 2 rings (SSSR count). The van der Waals surface area contributed by atoms with Crippen molar-refractivity contribution in [3.63, 3.8) is 0 Å². The number of benzene rings is 1. The van der Waals surface area contributed by atoms with Gasteiger partial charge in [-0.15, -0.1) is 0 Å². The number of aliphatic imine (C=N–C) groups is 1. The number of halogens is 1. The first-order valence-electron chi connectivity index (χ1n) is 8.65. The second-order valence-corrected chi connectivity index (χ2v) is 6.54. The number of carbonyl (C=O) groups excluding carboxylic acids is 1. The van der Waals surface area contributed by atoms with E-state index in [1.165, 1.54) is 19.3 Å². The SMILES string of the molecule is CN=C(NCCNC(=O)C1CCCCC1)NCc1cccc(Cl)c1. The summed E-state index contributed by atoms with van der Waals surface area (Å²) in [5.41, 5.74) is 1.09. The molecule has 1 fully saturated rings. The van der Waals surface area contributed by atoms with E-state index < -0.39 is 0 Å². The lowest BCUT2D eigenvalue weighted by Gasteiger charge is -2.21. The van der Waals surface area contributed by atoms with Crippen LogP contribution in [0.1, 0.15) is 37.7 Å². The van der Waals surface area contributed by atoms with Crippen LogP contribution in [0.25, 0.3) is 0 Å². The molecule has 0 aromatic heterocycles. The van der Waals surface area contributed by atoms with Gasteiger partial charge in [0.1, 0.15) is 0 Å². The molecule has 0 aliphatic heterocycles. The molecule has 1 saturated carbocycles.